The number of halogens is 2. The zero-order valence-electron chi connectivity index (χ0n) is 10.6. The van der Waals surface area contributed by atoms with Gasteiger partial charge in [0.05, 0.1) is 10.6 Å². The van der Waals surface area contributed by atoms with Gasteiger partial charge in [-0.05, 0) is 30.7 Å². The molecule has 0 saturated heterocycles. The topological polar surface area (TPSA) is 77.5 Å². The van der Waals surface area contributed by atoms with Gasteiger partial charge in [0.1, 0.15) is 24.4 Å². The highest BCUT2D eigenvalue weighted by atomic mass is 79.9. The van der Waals surface area contributed by atoms with Crippen LogP contribution in [0.4, 0.5) is 0 Å². The maximum Gasteiger partial charge on any atom is 0.268 e. The van der Waals surface area contributed by atoms with E-state index in [1.54, 1.807) is 12.1 Å². The lowest BCUT2D eigenvalue weighted by Gasteiger charge is -2.10. The number of carbonyl (C=O) groups is 1. The van der Waals surface area contributed by atoms with Gasteiger partial charge < -0.3 is 9.15 Å². The molecule has 1 aromatic heterocycles. The maximum atomic E-state index is 11.3. The molecule has 0 fully saturated rings. The number of benzene rings is 1. The fraction of sp³-hybridized carbons (Fsp3) is 0.154. The summed E-state index contributed by atoms with van der Waals surface area (Å²) in [5.41, 5.74) is 3.26. The van der Waals surface area contributed by atoms with Gasteiger partial charge in [0.2, 0.25) is 0 Å². The molecule has 5 nitrogen and oxygen atoms in total. The van der Waals surface area contributed by atoms with Gasteiger partial charge in [-0.25, -0.2) is 5.84 Å². The molecular weight excluding hydrogens is 348 g/mol. The van der Waals surface area contributed by atoms with Crippen molar-refractivity contribution in [1.82, 2.24) is 5.43 Å². The minimum Gasteiger partial charge on any atom is -0.484 e. The lowest BCUT2D eigenvalue weighted by molar-refractivity contribution is 0.0953. The van der Waals surface area contributed by atoms with Crippen LogP contribution in [0.1, 0.15) is 21.7 Å². The van der Waals surface area contributed by atoms with Crippen molar-refractivity contribution in [3.8, 4) is 5.75 Å². The second kappa shape index (κ2) is 6.30. The van der Waals surface area contributed by atoms with Gasteiger partial charge in [0.25, 0.3) is 5.91 Å². The average molecular weight is 360 g/mol. The van der Waals surface area contributed by atoms with Crippen LogP contribution in [0.5, 0.6) is 5.75 Å². The number of furan rings is 1. The molecule has 1 amide bonds. The van der Waals surface area contributed by atoms with E-state index >= 15 is 0 Å². The molecule has 0 unspecified atom stereocenters. The van der Waals surface area contributed by atoms with Crippen LogP contribution in [0.3, 0.4) is 0 Å². The SMILES string of the molecule is Cc1cc(Br)cc(Cl)c1OCc1cc(C(=O)NN)co1. The molecule has 0 saturated carbocycles. The number of hydrogen-bond acceptors (Lipinski definition) is 4. The van der Waals surface area contributed by atoms with Crippen molar-refractivity contribution in [2.24, 2.45) is 5.84 Å². The van der Waals surface area contributed by atoms with Gasteiger partial charge in [-0.15, -0.1) is 0 Å². The van der Waals surface area contributed by atoms with Gasteiger partial charge in [0.15, 0.2) is 0 Å². The highest BCUT2D eigenvalue weighted by Crippen LogP contribution is 2.32. The number of nitrogens with one attached hydrogen (secondary N) is 1. The molecule has 20 heavy (non-hydrogen) atoms. The first-order valence-electron chi connectivity index (χ1n) is 5.68. The lowest BCUT2D eigenvalue weighted by atomic mass is 10.2. The molecule has 2 aromatic rings. The number of ether oxygens (including phenoxy) is 1. The molecule has 0 aliphatic carbocycles. The summed E-state index contributed by atoms with van der Waals surface area (Å²) in [4.78, 5) is 11.3. The van der Waals surface area contributed by atoms with E-state index in [1.165, 1.54) is 6.26 Å². The second-order valence-corrected chi connectivity index (χ2v) is 5.42. The molecule has 1 heterocycles. The van der Waals surface area contributed by atoms with Crippen LogP contribution >= 0.6 is 27.5 Å². The lowest BCUT2D eigenvalue weighted by Crippen LogP contribution is -2.29. The Balaban J connectivity index is 2.09. The summed E-state index contributed by atoms with van der Waals surface area (Å²) in [5.74, 6) is 5.70. The smallest absolute Gasteiger partial charge is 0.268 e. The van der Waals surface area contributed by atoms with E-state index in [4.69, 9.17) is 26.6 Å². The first-order chi connectivity index (χ1) is 9.51. The first-order valence-corrected chi connectivity index (χ1v) is 6.85. The van der Waals surface area contributed by atoms with E-state index in [9.17, 15) is 4.79 Å². The molecule has 0 bridgehead atoms. The number of hydrazine groups is 1. The fourth-order valence-corrected chi connectivity index (χ4v) is 2.70. The predicted octanol–water partition coefficient (Wildman–Crippen LogP) is 3.19. The first kappa shape index (κ1) is 14.9. The van der Waals surface area contributed by atoms with Gasteiger partial charge in [0, 0.05) is 4.47 Å². The van der Waals surface area contributed by atoms with Crippen molar-refractivity contribution >= 4 is 33.4 Å². The largest absolute Gasteiger partial charge is 0.484 e. The molecular formula is C13H12BrClN2O3. The number of carbonyl (C=O) groups excluding carboxylic acids is 1. The van der Waals surface area contributed by atoms with E-state index in [-0.39, 0.29) is 6.61 Å². The van der Waals surface area contributed by atoms with Crippen LogP contribution in [-0.4, -0.2) is 5.91 Å². The van der Waals surface area contributed by atoms with Crippen LogP contribution in [0.15, 0.2) is 33.4 Å². The van der Waals surface area contributed by atoms with Gasteiger partial charge in [-0.3, -0.25) is 10.2 Å². The normalized spacial score (nSPS) is 10.4. The highest BCUT2D eigenvalue weighted by molar-refractivity contribution is 9.10. The Bertz CT molecular complexity index is 619. The monoisotopic (exact) mass is 358 g/mol. The number of nitrogens with two attached hydrogens (primary N) is 1. The quantitative estimate of drug-likeness (QED) is 0.499. The predicted molar refractivity (Wildman–Crippen MR) is 78.6 cm³/mol. The Morgan fingerprint density at radius 3 is 2.90 bits per heavy atom. The Morgan fingerprint density at radius 2 is 2.25 bits per heavy atom. The third-order valence-corrected chi connectivity index (χ3v) is 3.34. The van der Waals surface area contributed by atoms with E-state index in [1.807, 2.05) is 18.4 Å². The van der Waals surface area contributed by atoms with Crippen LogP contribution in [0.25, 0.3) is 0 Å². The van der Waals surface area contributed by atoms with Crippen molar-refractivity contribution in [1.29, 1.82) is 0 Å². The molecule has 0 atom stereocenters. The Kier molecular flexibility index (Phi) is 4.69. The number of aryl methyl sites for hydroxylation is 1. The second-order valence-electron chi connectivity index (χ2n) is 4.10. The zero-order chi connectivity index (χ0) is 14.7. The summed E-state index contributed by atoms with van der Waals surface area (Å²) >= 11 is 9.47. The maximum absolute atomic E-state index is 11.3. The minimum atomic E-state index is -0.419. The number of hydrogen-bond donors (Lipinski definition) is 2. The van der Waals surface area contributed by atoms with Gasteiger partial charge in [-0.2, -0.15) is 0 Å². The number of nitrogen functional groups attached to an aromatic ring is 1. The van der Waals surface area contributed by atoms with Crippen LogP contribution in [-0.2, 0) is 6.61 Å². The van der Waals surface area contributed by atoms with Crippen molar-refractivity contribution in [3.63, 3.8) is 0 Å². The summed E-state index contributed by atoms with van der Waals surface area (Å²) < 4.78 is 11.7. The molecule has 1 aromatic carbocycles. The average Bonchev–Trinajstić information content (AvgIpc) is 2.85. The summed E-state index contributed by atoms with van der Waals surface area (Å²) in [6.07, 6.45) is 1.32. The standard InChI is InChI=1S/C13H12BrClN2O3/c1-7-2-9(14)4-11(15)12(7)20-6-10-3-8(5-19-10)13(18)17-16/h2-5H,6,16H2,1H3,(H,17,18). The molecule has 0 aliphatic rings. The van der Waals surface area contributed by atoms with E-state index < -0.39 is 5.91 Å². The summed E-state index contributed by atoms with van der Waals surface area (Å²) in [6, 6.07) is 5.21. The van der Waals surface area contributed by atoms with Crippen LogP contribution < -0.4 is 16.0 Å². The van der Waals surface area contributed by atoms with E-state index in [0.29, 0.717) is 22.1 Å². The van der Waals surface area contributed by atoms with Crippen molar-refractivity contribution in [2.45, 2.75) is 13.5 Å². The van der Waals surface area contributed by atoms with Crippen LogP contribution in [0, 0.1) is 6.92 Å². The molecule has 2 rings (SSSR count). The molecule has 7 heteroatoms. The molecule has 0 spiro atoms. The van der Waals surface area contributed by atoms with Crippen LogP contribution in [0.2, 0.25) is 5.02 Å². The minimum absolute atomic E-state index is 0.167. The molecule has 0 aliphatic heterocycles. The van der Waals surface area contributed by atoms with Crippen molar-refractivity contribution < 1.29 is 13.9 Å². The van der Waals surface area contributed by atoms with Gasteiger partial charge in [-0.1, -0.05) is 27.5 Å². The zero-order valence-corrected chi connectivity index (χ0v) is 12.9. The number of amides is 1. The summed E-state index contributed by atoms with van der Waals surface area (Å²) in [6.45, 7) is 2.06. The fourth-order valence-electron chi connectivity index (χ4n) is 1.67. The Labute approximate surface area is 129 Å². The number of rotatable bonds is 4. The molecule has 106 valence electrons. The summed E-state index contributed by atoms with van der Waals surface area (Å²) in [5, 5.41) is 0.503. The third-order valence-electron chi connectivity index (χ3n) is 2.60. The summed E-state index contributed by atoms with van der Waals surface area (Å²) in [7, 11) is 0. The molecule has 3 N–H and O–H groups in total. The van der Waals surface area contributed by atoms with E-state index in [0.717, 1.165) is 10.0 Å². The van der Waals surface area contributed by atoms with Gasteiger partial charge >= 0.3 is 0 Å². The molecule has 0 radical (unpaired) electrons. The highest BCUT2D eigenvalue weighted by Gasteiger charge is 2.11. The van der Waals surface area contributed by atoms with Crippen molar-refractivity contribution in [2.75, 3.05) is 0 Å². The van der Waals surface area contributed by atoms with Crippen molar-refractivity contribution in [3.05, 3.63) is 50.8 Å². The Morgan fingerprint density at radius 1 is 1.50 bits per heavy atom. The van der Waals surface area contributed by atoms with E-state index in [2.05, 4.69) is 15.9 Å². The third kappa shape index (κ3) is 3.33. The Hall–Kier alpha value is -1.50.